The molecule has 0 radical (unpaired) electrons. The molecule has 2 aromatic rings. The van der Waals surface area contributed by atoms with Gasteiger partial charge in [0.25, 0.3) is 0 Å². The third-order valence-electron chi connectivity index (χ3n) is 4.11. The summed E-state index contributed by atoms with van der Waals surface area (Å²) in [5.74, 6) is -2.54. The fraction of sp³-hybridized carbons (Fsp3) is 0.222. The molecule has 0 fully saturated rings. The lowest BCUT2D eigenvalue weighted by Gasteiger charge is -2.20. The third kappa shape index (κ3) is 4.02. The molecule has 0 spiro atoms. The van der Waals surface area contributed by atoms with E-state index in [9.17, 15) is 26.3 Å². The van der Waals surface area contributed by atoms with Crippen molar-refractivity contribution in [1.29, 1.82) is 0 Å². The Morgan fingerprint density at radius 1 is 1.04 bits per heavy atom. The third-order valence-corrected chi connectivity index (χ3v) is 4.11. The van der Waals surface area contributed by atoms with Gasteiger partial charge in [0.15, 0.2) is 0 Å². The number of alkyl halides is 3. The van der Waals surface area contributed by atoms with Gasteiger partial charge in [0, 0.05) is 24.8 Å². The van der Waals surface area contributed by atoms with Crippen LogP contribution in [0.3, 0.4) is 0 Å². The van der Waals surface area contributed by atoms with E-state index in [4.69, 9.17) is 0 Å². The fourth-order valence-electron chi connectivity index (χ4n) is 2.76. The van der Waals surface area contributed by atoms with Gasteiger partial charge < -0.3 is 10.3 Å². The minimum Gasteiger partial charge on any atom is -0.381 e. The molecule has 1 aliphatic rings. The fourth-order valence-corrected chi connectivity index (χ4v) is 2.76. The van der Waals surface area contributed by atoms with Gasteiger partial charge in [-0.2, -0.15) is 13.2 Å². The Bertz CT molecular complexity index is 855. The van der Waals surface area contributed by atoms with E-state index in [1.165, 1.54) is 25.2 Å². The van der Waals surface area contributed by atoms with Crippen molar-refractivity contribution < 1.29 is 26.3 Å². The molecule has 1 aliphatic heterocycles. The second-order valence-electron chi connectivity index (χ2n) is 6.02. The van der Waals surface area contributed by atoms with Crippen molar-refractivity contribution in [2.24, 2.45) is 0 Å². The molecular formula is C18H15F6N3. The first-order valence-corrected chi connectivity index (χ1v) is 7.92. The molecule has 27 heavy (non-hydrogen) atoms. The minimum absolute atomic E-state index is 0.00873. The summed E-state index contributed by atoms with van der Waals surface area (Å²) in [6, 6.07) is 5.79. The van der Waals surface area contributed by atoms with E-state index >= 15 is 0 Å². The monoisotopic (exact) mass is 387 g/mol. The van der Waals surface area contributed by atoms with Gasteiger partial charge >= 0.3 is 6.18 Å². The van der Waals surface area contributed by atoms with Crippen LogP contribution in [0.4, 0.5) is 32.0 Å². The SMILES string of the molecule is CN1NC(C(F)(F)F)C=C1c1c(F)cc(NCc2ccccc2F)cc1F. The topological polar surface area (TPSA) is 27.3 Å². The molecule has 144 valence electrons. The number of nitrogens with one attached hydrogen (secondary N) is 2. The summed E-state index contributed by atoms with van der Waals surface area (Å²) in [5.41, 5.74) is 1.60. The molecule has 0 saturated heterocycles. The molecule has 1 unspecified atom stereocenters. The summed E-state index contributed by atoms with van der Waals surface area (Å²) in [6.45, 7) is -0.00873. The van der Waals surface area contributed by atoms with Crippen LogP contribution in [0.25, 0.3) is 5.70 Å². The number of nitrogens with zero attached hydrogens (tertiary/aromatic N) is 1. The summed E-state index contributed by atoms with van der Waals surface area (Å²) in [5, 5.41) is 3.62. The van der Waals surface area contributed by atoms with E-state index in [0.717, 1.165) is 17.1 Å². The standard InChI is InChI=1S/C18H15F6N3/c1-27-15(8-16(26-27)18(22,23)24)17-13(20)6-11(7-14(17)21)25-9-10-4-2-3-5-12(10)19/h2-8,16,25-26H,9H2,1H3. The van der Waals surface area contributed by atoms with E-state index in [0.29, 0.717) is 11.6 Å². The van der Waals surface area contributed by atoms with Crippen molar-refractivity contribution >= 4 is 11.4 Å². The van der Waals surface area contributed by atoms with Gasteiger partial charge in [0.1, 0.15) is 23.5 Å². The van der Waals surface area contributed by atoms with Gasteiger partial charge in [-0.25, -0.2) is 18.6 Å². The number of halogens is 6. The smallest absolute Gasteiger partial charge is 0.381 e. The molecule has 0 amide bonds. The van der Waals surface area contributed by atoms with Crippen LogP contribution in [-0.2, 0) is 6.54 Å². The van der Waals surface area contributed by atoms with Crippen LogP contribution in [0.2, 0.25) is 0 Å². The van der Waals surface area contributed by atoms with E-state index < -0.39 is 35.2 Å². The molecule has 9 heteroatoms. The lowest BCUT2D eigenvalue weighted by atomic mass is 10.1. The van der Waals surface area contributed by atoms with Crippen LogP contribution in [-0.4, -0.2) is 24.3 Å². The molecule has 1 heterocycles. The summed E-state index contributed by atoms with van der Waals surface area (Å²) >= 11 is 0. The summed E-state index contributed by atoms with van der Waals surface area (Å²) in [6.07, 6.45) is -3.88. The minimum atomic E-state index is -4.59. The Morgan fingerprint density at radius 3 is 2.22 bits per heavy atom. The van der Waals surface area contributed by atoms with E-state index in [1.54, 1.807) is 6.07 Å². The Hall–Kier alpha value is -2.68. The maximum Gasteiger partial charge on any atom is 0.409 e. The first-order chi connectivity index (χ1) is 12.7. The molecule has 3 nitrogen and oxygen atoms in total. The lowest BCUT2D eigenvalue weighted by Crippen LogP contribution is -2.42. The lowest BCUT2D eigenvalue weighted by molar-refractivity contribution is -0.148. The molecular weight excluding hydrogens is 372 g/mol. The Balaban J connectivity index is 1.84. The zero-order chi connectivity index (χ0) is 19.8. The highest BCUT2D eigenvalue weighted by molar-refractivity contribution is 5.69. The Labute approximate surface area is 151 Å². The molecule has 0 aromatic heterocycles. The molecule has 2 aromatic carbocycles. The predicted octanol–water partition coefficient (Wildman–Crippen LogP) is 4.44. The van der Waals surface area contributed by atoms with Crippen LogP contribution >= 0.6 is 0 Å². The van der Waals surface area contributed by atoms with Gasteiger partial charge in [-0.1, -0.05) is 18.2 Å². The average Bonchev–Trinajstić information content (AvgIpc) is 2.95. The van der Waals surface area contributed by atoms with Gasteiger partial charge in [0.2, 0.25) is 0 Å². The molecule has 0 saturated carbocycles. The maximum absolute atomic E-state index is 14.4. The Kier molecular flexibility index (Phi) is 5.05. The van der Waals surface area contributed by atoms with Crippen LogP contribution in [0.5, 0.6) is 0 Å². The normalized spacial score (nSPS) is 17.2. The highest BCUT2D eigenvalue weighted by Gasteiger charge is 2.43. The van der Waals surface area contributed by atoms with Gasteiger partial charge in [-0.05, 0) is 24.3 Å². The second kappa shape index (κ2) is 7.15. The van der Waals surface area contributed by atoms with Crippen molar-refractivity contribution in [3.05, 3.63) is 71.1 Å². The largest absolute Gasteiger partial charge is 0.409 e. The van der Waals surface area contributed by atoms with Crippen molar-refractivity contribution in [3.63, 3.8) is 0 Å². The number of rotatable bonds is 4. The van der Waals surface area contributed by atoms with Crippen molar-refractivity contribution in [1.82, 2.24) is 10.4 Å². The van der Waals surface area contributed by atoms with Crippen molar-refractivity contribution in [2.45, 2.75) is 18.8 Å². The summed E-state index contributed by atoms with van der Waals surface area (Å²) < 4.78 is 80.9. The first-order valence-electron chi connectivity index (χ1n) is 7.92. The van der Waals surface area contributed by atoms with E-state index in [2.05, 4.69) is 10.7 Å². The van der Waals surface area contributed by atoms with Crippen LogP contribution in [0, 0.1) is 17.5 Å². The maximum atomic E-state index is 14.4. The summed E-state index contributed by atoms with van der Waals surface area (Å²) in [7, 11) is 1.24. The molecule has 0 bridgehead atoms. The Morgan fingerprint density at radius 2 is 1.67 bits per heavy atom. The molecule has 3 rings (SSSR count). The van der Waals surface area contributed by atoms with Crippen molar-refractivity contribution in [2.75, 3.05) is 12.4 Å². The van der Waals surface area contributed by atoms with E-state index in [1.807, 2.05) is 0 Å². The molecule has 0 aliphatic carbocycles. The predicted molar refractivity (Wildman–Crippen MR) is 88.8 cm³/mol. The van der Waals surface area contributed by atoms with Crippen molar-refractivity contribution in [3.8, 4) is 0 Å². The van der Waals surface area contributed by atoms with Crippen LogP contribution in [0.1, 0.15) is 11.1 Å². The zero-order valence-corrected chi connectivity index (χ0v) is 14.0. The van der Waals surface area contributed by atoms with E-state index in [-0.39, 0.29) is 17.9 Å². The number of hydrazine groups is 1. The highest BCUT2D eigenvalue weighted by atomic mass is 19.4. The average molecular weight is 387 g/mol. The number of hydrogen-bond acceptors (Lipinski definition) is 3. The number of benzene rings is 2. The van der Waals surface area contributed by atoms with Gasteiger partial charge in [-0.15, -0.1) is 0 Å². The number of anilines is 1. The van der Waals surface area contributed by atoms with Crippen LogP contribution in [0.15, 0.2) is 42.5 Å². The molecule has 1 atom stereocenters. The summed E-state index contributed by atoms with van der Waals surface area (Å²) in [4.78, 5) is 0. The highest BCUT2D eigenvalue weighted by Crippen LogP contribution is 2.33. The molecule has 2 N–H and O–H groups in total. The quantitative estimate of drug-likeness (QED) is 0.760. The van der Waals surface area contributed by atoms with Gasteiger partial charge in [-0.3, -0.25) is 0 Å². The van der Waals surface area contributed by atoms with Crippen LogP contribution < -0.4 is 10.7 Å². The van der Waals surface area contributed by atoms with Gasteiger partial charge in [0.05, 0.1) is 11.3 Å². The zero-order valence-electron chi connectivity index (χ0n) is 14.0. The number of hydrogen-bond donors (Lipinski definition) is 2. The first kappa shape index (κ1) is 19.1. The second-order valence-corrected chi connectivity index (χ2v) is 6.02.